The Morgan fingerprint density at radius 1 is 1.36 bits per heavy atom. The molecule has 1 aromatic carbocycles. The Bertz CT molecular complexity index is 773. The maximum atomic E-state index is 12.1. The minimum absolute atomic E-state index is 0.0638. The van der Waals surface area contributed by atoms with Gasteiger partial charge >= 0.3 is 0 Å². The number of nitrogens with one attached hydrogen (secondary N) is 1. The number of aryl methyl sites for hydroxylation is 1. The van der Waals surface area contributed by atoms with E-state index < -0.39 is 0 Å². The number of carbonyl (C=O) groups excluding carboxylic acids is 2. The summed E-state index contributed by atoms with van der Waals surface area (Å²) in [5.41, 5.74) is 1.95. The van der Waals surface area contributed by atoms with Gasteiger partial charge in [-0.15, -0.1) is 10.2 Å². The SMILES string of the molecule is Cc1cccc(-c2nnc(SCC(=O)N(C)CC(=O)NC3CC3)o2)c1. The zero-order valence-corrected chi connectivity index (χ0v) is 15.0. The molecule has 8 heteroatoms. The number of hydrogen-bond acceptors (Lipinski definition) is 6. The molecule has 1 saturated carbocycles. The molecular formula is C17H20N4O3S. The zero-order chi connectivity index (χ0) is 17.8. The third-order valence-corrected chi connectivity index (χ3v) is 4.54. The molecule has 0 spiro atoms. The van der Waals surface area contributed by atoms with Gasteiger partial charge in [0.15, 0.2) is 0 Å². The Hall–Kier alpha value is -2.35. The van der Waals surface area contributed by atoms with E-state index in [9.17, 15) is 9.59 Å². The average Bonchev–Trinajstić information content (AvgIpc) is 3.25. The first-order valence-corrected chi connectivity index (χ1v) is 9.06. The van der Waals surface area contributed by atoms with Gasteiger partial charge in [-0.1, -0.05) is 29.5 Å². The highest BCUT2D eigenvalue weighted by molar-refractivity contribution is 7.99. The van der Waals surface area contributed by atoms with Crippen molar-refractivity contribution in [3.63, 3.8) is 0 Å². The third-order valence-electron chi connectivity index (χ3n) is 3.74. The van der Waals surface area contributed by atoms with Crippen LogP contribution in [0.1, 0.15) is 18.4 Å². The number of carbonyl (C=O) groups is 2. The Labute approximate surface area is 150 Å². The Balaban J connectivity index is 1.49. The lowest BCUT2D eigenvalue weighted by molar-refractivity contribution is -0.132. The van der Waals surface area contributed by atoms with E-state index in [0.717, 1.165) is 24.0 Å². The van der Waals surface area contributed by atoms with Crippen LogP contribution in [0.3, 0.4) is 0 Å². The lowest BCUT2D eigenvalue weighted by Gasteiger charge is -2.15. The summed E-state index contributed by atoms with van der Waals surface area (Å²) in [4.78, 5) is 25.2. The first-order valence-electron chi connectivity index (χ1n) is 8.08. The summed E-state index contributed by atoms with van der Waals surface area (Å²) in [5, 5.41) is 11.2. The van der Waals surface area contributed by atoms with Crippen molar-refractivity contribution in [2.24, 2.45) is 0 Å². The molecule has 0 radical (unpaired) electrons. The molecule has 3 rings (SSSR count). The van der Waals surface area contributed by atoms with Gasteiger partial charge in [-0.25, -0.2) is 0 Å². The molecule has 1 N–H and O–H groups in total. The molecular weight excluding hydrogens is 340 g/mol. The maximum absolute atomic E-state index is 12.1. The summed E-state index contributed by atoms with van der Waals surface area (Å²) < 4.78 is 5.59. The predicted octanol–water partition coefficient (Wildman–Crippen LogP) is 1.87. The smallest absolute Gasteiger partial charge is 0.277 e. The number of amides is 2. The van der Waals surface area contributed by atoms with Crippen LogP contribution in [0.4, 0.5) is 0 Å². The van der Waals surface area contributed by atoms with E-state index in [0.29, 0.717) is 17.2 Å². The van der Waals surface area contributed by atoms with Gasteiger partial charge < -0.3 is 14.6 Å². The summed E-state index contributed by atoms with van der Waals surface area (Å²) in [7, 11) is 1.61. The fraction of sp³-hybridized carbons (Fsp3) is 0.412. The first kappa shape index (κ1) is 17.5. The van der Waals surface area contributed by atoms with E-state index in [-0.39, 0.29) is 24.1 Å². The molecule has 132 valence electrons. The quantitative estimate of drug-likeness (QED) is 0.759. The summed E-state index contributed by atoms with van der Waals surface area (Å²) >= 11 is 1.17. The molecule has 0 bridgehead atoms. The molecule has 0 unspecified atom stereocenters. The lowest BCUT2D eigenvalue weighted by Crippen LogP contribution is -2.39. The van der Waals surface area contributed by atoms with Crippen molar-refractivity contribution in [2.45, 2.75) is 31.0 Å². The van der Waals surface area contributed by atoms with Crippen LogP contribution in [0.25, 0.3) is 11.5 Å². The molecule has 25 heavy (non-hydrogen) atoms. The molecule has 0 aliphatic heterocycles. The van der Waals surface area contributed by atoms with Crippen molar-refractivity contribution in [3.05, 3.63) is 29.8 Å². The van der Waals surface area contributed by atoms with Crippen molar-refractivity contribution < 1.29 is 14.0 Å². The zero-order valence-electron chi connectivity index (χ0n) is 14.2. The van der Waals surface area contributed by atoms with E-state index in [4.69, 9.17) is 4.42 Å². The Morgan fingerprint density at radius 3 is 2.88 bits per heavy atom. The van der Waals surface area contributed by atoms with Crippen LogP contribution in [0.5, 0.6) is 0 Å². The fourth-order valence-electron chi connectivity index (χ4n) is 2.20. The van der Waals surface area contributed by atoms with Crippen molar-refractivity contribution in [3.8, 4) is 11.5 Å². The van der Waals surface area contributed by atoms with Crippen LogP contribution >= 0.6 is 11.8 Å². The minimum atomic E-state index is -0.161. The van der Waals surface area contributed by atoms with Gasteiger partial charge in [0.2, 0.25) is 17.7 Å². The van der Waals surface area contributed by atoms with Crippen molar-refractivity contribution in [1.29, 1.82) is 0 Å². The van der Waals surface area contributed by atoms with Crippen molar-refractivity contribution in [2.75, 3.05) is 19.3 Å². The summed E-state index contributed by atoms with van der Waals surface area (Å²) in [5.74, 6) is 0.285. The first-order chi connectivity index (χ1) is 12.0. The summed E-state index contributed by atoms with van der Waals surface area (Å²) in [6.45, 7) is 2.05. The van der Waals surface area contributed by atoms with Gasteiger partial charge in [-0.05, 0) is 31.9 Å². The van der Waals surface area contributed by atoms with E-state index >= 15 is 0 Å². The number of benzene rings is 1. The molecule has 1 heterocycles. The van der Waals surface area contributed by atoms with Gasteiger partial charge in [-0.2, -0.15) is 0 Å². The number of rotatable bonds is 7. The summed E-state index contributed by atoms with van der Waals surface area (Å²) in [6.07, 6.45) is 2.05. The number of nitrogens with zero attached hydrogens (tertiary/aromatic N) is 3. The second-order valence-electron chi connectivity index (χ2n) is 6.12. The van der Waals surface area contributed by atoms with Gasteiger partial charge in [0.05, 0.1) is 12.3 Å². The largest absolute Gasteiger partial charge is 0.411 e. The Morgan fingerprint density at radius 2 is 2.16 bits per heavy atom. The van der Waals surface area contributed by atoms with Gasteiger partial charge in [0.25, 0.3) is 5.22 Å². The van der Waals surface area contributed by atoms with Crippen molar-refractivity contribution >= 4 is 23.6 Å². The maximum Gasteiger partial charge on any atom is 0.277 e. The normalized spacial score (nSPS) is 13.5. The van der Waals surface area contributed by atoms with Crippen LogP contribution in [0.2, 0.25) is 0 Å². The molecule has 1 fully saturated rings. The molecule has 2 aromatic rings. The van der Waals surface area contributed by atoms with E-state index in [1.54, 1.807) is 7.05 Å². The Kier molecular flexibility index (Phi) is 5.37. The second kappa shape index (κ2) is 7.69. The number of aromatic nitrogens is 2. The second-order valence-corrected chi connectivity index (χ2v) is 7.05. The fourth-order valence-corrected chi connectivity index (χ4v) is 2.90. The van der Waals surface area contributed by atoms with Crippen LogP contribution in [0.15, 0.2) is 33.9 Å². The van der Waals surface area contributed by atoms with Crippen LogP contribution in [0, 0.1) is 6.92 Å². The van der Waals surface area contributed by atoms with Gasteiger partial charge in [-0.3, -0.25) is 9.59 Å². The highest BCUT2D eigenvalue weighted by Gasteiger charge is 2.24. The van der Waals surface area contributed by atoms with Crippen LogP contribution < -0.4 is 5.32 Å². The van der Waals surface area contributed by atoms with E-state index in [2.05, 4.69) is 15.5 Å². The standard InChI is InChI=1S/C17H20N4O3S/c1-11-4-3-5-12(8-11)16-19-20-17(24-16)25-10-15(23)21(2)9-14(22)18-13-6-7-13/h3-5,8,13H,6-7,9-10H2,1-2H3,(H,18,22). The van der Waals surface area contributed by atoms with Gasteiger partial charge in [0.1, 0.15) is 0 Å². The predicted molar refractivity (Wildman–Crippen MR) is 94.0 cm³/mol. The number of likely N-dealkylation sites (N-methyl/N-ethyl adjacent to an activating group) is 1. The average molecular weight is 360 g/mol. The molecule has 7 nitrogen and oxygen atoms in total. The molecule has 0 atom stereocenters. The number of hydrogen-bond donors (Lipinski definition) is 1. The highest BCUT2D eigenvalue weighted by Crippen LogP contribution is 2.24. The molecule has 1 aromatic heterocycles. The summed E-state index contributed by atoms with van der Waals surface area (Å²) in [6, 6.07) is 8.06. The van der Waals surface area contributed by atoms with Gasteiger partial charge in [0, 0.05) is 18.7 Å². The number of thioether (sulfide) groups is 1. The lowest BCUT2D eigenvalue weighted by atomic mass is 10.1. The highest BCUT2D eigenvalue weighted by atomic mass is 32.2. The van der Waals surface area contributed by atoms with E-state index in [1.807, 2.05) is 31.2 Å². The molecule has 1 aliphatic rings. The van der Waals surface area contributed by atoms with Crippen LogP contribution in [-0.2, 0) is 9.59 Å². The third kappa shape index (κ3) is 5.06. The van der Waals surface area contributed by atoms with E-state index in [1.165, 1.54) is 16.7 Å². The molecule has 1 aliphatic carbocycles. The topological polar surface area (TPSA) is 88.3 Å². The van der Waals surface area contributed by atoms with Crippen molar-refractivity contribution in [1.82, 2.24) is 20.4 Å². The monoisotopic (exact) mass is 360 g/mol. The molecule has 2 amide bonds. The molecule has 0 saturated heterocycles. The van der Waals surface area contributed by atoms with Crippen LogP contribution in [-0.4, -0.2) is 52.3 Å². The minimum Gasteiger partial charge on any atom is -0.411 e.